The molecule has 1 aromatic heterocycles. The third kappa shape index (κ3) is 2.83. The van der Waals surface area contributed by atoms with E-state index in [2.05, 4.69) is 26.3 Å². The summed E-state index contributed by atoms with van der Waals surface area (Å²) in [7, 11) is 1.75. The molecular weight excluding hydrogens is 308 g/mol. The number of nitrogens with one attached hydrogen (secondary N) is 1. The summed E-state index contributed by atoms with van der Waals surface area (Å²) in [6.07, 6.45) is 1.65. The number of hydrogen-bond donors (Lipinski definition) is 1. The van der Waals surface area contributed by atoms with Crippen LogP contribution in [0.25, 0.3) is 0 Å². The molecule has 0 unspecified atom stereocenters. The van der Waals surface area contributed by atoms with Gasteiger partial charge in [0.1, 0.15) is 6.07 Å². The Morgan fingerprint density at radius 2 is 2.26 bits per heavy atom. The third-order valence-electron chi connectivity index (χ3n) is 2.61. The molecule has 2 rings (SSSR count). The van der Waals surface area contributed by atoms with Gasteiger partial charge in [0.15, 0.2) is 0 Å². The van der Waals surface area contributed by atoms with Gasteiger partial charge < -0.3 is 5.32 Å². The summed E-state index contributed by atoms with van der Waals surface area (Å²) in [6, 6.07) is 7.14. The van der Waals surface area contributed by atoms with Gasteiger partial charge in [-0.2, -0.15) is 10.4 Å². The van der Waals surface area contributed by atoms with Crippen molar-refractivity contribution < 1.29 is 4.79 Å². The van der Waals surface area contributed by atoms with Crippen LogP contribution in [0.1, 0.15) is 21.6 Å². The van der Waals surface area contributed by atoms with Gasteiger partial charge in [-0.1, -0.05) is 15.9 Å². The Hall–Kier alpha value is -2.13. The largest absolute Gasteiger partial charge is 0.321 e. The highest BCUT2D eigenvalue weighted by atomic mass is 79.9. The van der Waals surface area contributed by atoms with Crippen molar-refractivity contribution >= 4 is 27.5 Å². The van der Waals surface area contributed by atoms with E-state index >= 15 is 0 Å². The average molecular weight is 319 g/mol. The van der Waals surface area contributed by atoms with Crippen molar-refractivity contribution in [3.8, 4) is 6.07 Å². The van der Waals surface area contributed by atoms with Crippen molar-refractivity contribution in [2.24, 2.45) is 7.05 Å². The summed E-state index contributed by atoms with van der Waals surface area (Å²) in [4.78, 5) is 12.1. The van der Waals surface area contributed by atoms with E-state index in [-0.39, 0.29) is 5.91 Å². The molecule has 1 amide bonds. The van der Waals surface area contributed by atoms with Gasteiger partial charge in [0, 0.05) is 17.7 Å². The van der Waals surface area contributed by atoms with Crippen LogP contribution in [0.15, 0.2) is 28.9 Å². The minimum Gasteiger partial charge on any atom is -0.321 e. The molecular formula is C13H11BrN4O. The Bertz CT molecular complexity index is 684. The van der Waals surface area contributed by atoms with Crippen molar-refractivity contribution in [2.45, 2.75) is 6.92 Å². The molecule has 0 saturated carbocycles. The quantitative estimate of drug-likeness (QED) is 0.925. The molecule has 0 atom stereocenters. The predicted octanol–water partition coefficient (Wildman–Crippen LogP) is 2.62. The summed E-state index contributed by atoms with van der Waals surface area (Å²) in [5.41, 5.74) is 2.03. The van der Waals surface area contributed by atoms with Crippen LogP contribution in [0.3, 0.4) is 0 Å². The van der Waals surface area contributed by atoms with E-state index in [1.54, 1.807) is 43.0 Å². The van der Waals surface area contributed by atoms with E-state index in [1.807, 2.05) is 6.07 Å². The minimum atomic E-state index is -0.278. The highest BCUT2D eigenvalue weighted by molar-refractivity contribution is 9.10. The number of benzene rings is 1. The number of aryl methyl sites for hydroxylation is 2. The number of nitriles is 1. The van der Waals surface area contributed by atoms with Gasteiger partial charge in [-0.25, -0.2) is 0 Å². The van der Waals surface area contributed by atoms with E-state index in [1.165, 1.54) is 0 Å². The Morgan fingerprint density at radius 3 is 2.84 bits per heavy atom. The number of rotatable bonds is 2. The second-order valence-electron chi connectivity index (χ2n) is 4.06. The Kier molecular flexibility index (Phi) is 3.67. The molecule has 0 fully saturated rings. The molecule has 0 aliphatic carbocycles. The zero-order valence-electron chi connectivity index (χ0n) is 10.4. The number of nitrogens with zero attached hydrogens (tertiary/aromatic N) is 3. The van der Waals surface area contributed by atoms with Crippen molar-refractivity contribution in [2.75, 3.05) is 5.32 Å². The molecule has 0 saturated heterocycles. The van der Waals surface area contributed by atoms with Gasteiger partial charge in [0.2, 0.25) is 0 Å². The molecule has 0 radical (unpaired) electrons. The SMILES string of the molecule is Cc1nn(C)cc1C(=O)Nc1cc(Br)ccc1C#N. The zero-order valence-corrected chi connectivity index (χ0v) is 12.0. The summed E-state index contributed by atoms with van der Waals surface area (Å²) in [5, 5.41) is 15.9. The van der Waals surface area contributed by atoms with Crippen molar-refractivity contribution in [1.29, 1.82) is 5.26 Å². The number of hydrogen-bond acceptors (Lipinski definition) is 3. The first-order valence-corrected chi connectivity index (χ1v) is 6.32. The topological polar surface area (TPSA) is 70.7 Å². The lowest BCUT2D eigenvalue weighted by atomic mass is 10.2. The van der Waals surface area contributed by atoms with Crippen LogP contribution in [0.2, 0.25) is 0 Å². The molecule has 0 bridgehead atoms. The summed E-state index contributed by atoms with van der Waals surface area (Å²) in [5.74, 6) is -0.278. The lowest BCUT2D eigenvalue weighted by molar-refractivity contribution is 0.102. The first kappa shape index (κ1) is 13.3. The maximum Gasteiger partial charge on any atom is 0.259 e. The van der Waals surface area contributed by atoms with Gasteiger partial charge >= 0.3 is 0 Å². The molecule has 96 valence electrons. The molecule has 5 nitrogen and oxygen atoms in total. The summed E-state index contributed by atoms with van der Waals surface area (Å²) in [6.45, 7) is 1.76. The first-order valence-electron chi connectivity index (χ1n) is 5.52. The number of halogens is 1. The maximum absolute atomic E-state index is 12.1. The highest BCUT2D eigenvalue weighted by Gasteiger charge is 2.14. The predicted molar refractivity (Wildman–Crippen MR) is 74.8 cm³/mol. The van der Waals surface area contributed by atoms with Crippen LogP contribution < -0.4 is 5.32 Å². The van der Waals surface area contributed by atoms with E-state index in [4.69, 9.17) is 5.26 Å². The van der Waals surface area contributed by atoms with Crippen LogP contribution in [0.4, 0.5) is 5.69 Å². The van der Waals surface area contributed by atoms with E-state index < -0.39 is 0 Å². The smallest absolute Gasteiger partial charge is 0.259 e. The lowest BCUT2D eigenvalue weighted by Crippen LogP contribution is -2.13. The van der Waals surface area contributed by atoms with E-state index in [9.17, 15) is 4.79 Å². The fourth-order valence-corrected chi connectivity index (χ4v) is 2.09. The van der Waals surface area contributed by atoms with Gasteiger partial charge in [-0.05, 0) is 25.1 Å². The zero-order chi connectivity index (χ0) is 14.0. The first-order chi connectivity index (χ1) is 9.01. The summed E-state index contributed by atoms with van der Waals surface area (Å²) < 4.78 is 2.38. The molecule has 0 spiro atoms. The monoisotopic (exact) mass is 318 g/mol. The second-order valence-corrected chi connectivity index (χ2v) is 4.97. The molecule has 19 heavy (non-hydrogen) atoms. The number of amides is 1. The Labute approximate surface area is 119 Å². The minimum absolute atomic E-state index is 0.278. The van der Waals surface area contributed by atoms with Crippen molar-refractivity contribution in [3.63, 3.8) is 0 Å². The molecule has 1 aromatic carbocycles. The van der Waals surface area contributed by atoms with Gasteiger partial charge in [-0.15, -0.1) is 0 Å². The number of carbonyl (C=O) groups is 1. The molecule has 2 aromatic rings. The van der Waals surface area contributed by atoms with Crippen LogP contribution >= 0.6 is 15.9 Å². The van der Waals surface area contributed by atoms with Crippen LogP contribution in [0.5, 0.6) is 0 Å². The molecule has 1 N–H and O–H groups in total. The normalized spacial score (nSPS) is 10.0. The molecule has 1 heterocycles. The highest BCUT2D eigenvalue weighted by Crippen LogP contribution is 2.21. The van der Waals surface area contributed by atoms with Crippen LogP contribution in [0, 0.1) is 18.3 Å². The van der Waals surface area contributed by atoms with E-state index in [0.717, 1.165) is 4.47 Å². The third-order valence-corrected chi connectivity index (χ3v) is 3.10. The standard InChI is InChI=1S/C13H11BrN4O/c1-8-11(7-18(2)17-8)13(19)16-12-5-10(14)4-3-9(12)6-15/h3-5,7H,1-2H3,(H,16,19). The van der Waals surface area contributed by atoms with Gasteiger partial charge in [0.05, 0.1) is 22.5 Å². The van der Waals surface area contributed by atoms with Crippen molar-refractivity contribution in [1.82, 2.24) is 9.78 Å². The Morgan fingerprint density at radius 1 is 1.53 bits per heavy atom. The van der Waals surface area contributed by atoms with Gasteiger partial charge in [-0.3, -0.25) is 9.48 Å². The van der Waals surface area contributed by atoms with Crippen LogP contribution in [-0.2, 0) is 7.05 Å². The Balaban J connectivity index is 2.32. The summed E-state index contributed by atoms with van der Waals surface area (Å²) >= 11 is 3.31. The number of carbonyl (C=O) groups excluding carboxylic acids is 1. The second kappa shape index (κ2) is 5.24. The fourth-order valence-electron chi connectivity index (χ4n) is 1.73. The fraction of sp³-hybridized carbons (Fsp3) is 0.154. The number of aromatic nitrogens is 2. The average Bonchev–Trinajstić information content (AvgIpc) is 2.69. The van der Waals surface area contributed by atoms with Crippen molar-refractivity contribution in [3.05, 3.63) is 45.7 Å². The molecule has 0 aliphatic heterocycles. The van der Waals surface area contributed by atoms with E-state index in [0.29, 0.717) is 22.5 Å². The molecule has 0 aliphatic rings. The lowest BCUT2D eigenvalue weighted by Gasteiger charge is -2.06. The maximum atomic E-state index is 12.1. The number of anilines is 1. The van der Waals surface area contributed by atoms with Crippen LogP contribution in [-0.4, -0.2) is 15.7 Å². The van der Waals surface area contributed by atoms with Gasteiger partial charge in [0.25, 0.3) is 5.91 Å². The molecule has 6 heteroatoms.